The number of carboxylic acid groups (broad SMARTS) is 1. The molecule has 3 aromatic rings. The van der Waals surface area contributed by atoms with Crippen LogP contribution in [0.5, 0.6) is 11.5 Å². The summed E-state index contributed by atoms with van der Waals surface area (Å²) in [4.78, 5) is 15.6. The molecule has 1 fully saturated rings. The Morgan fingerprint density at radius 1 is 1.12 bits per heavy atom. The number of ether oxygens (including phenoxy) is 2. The fourth-order valence-corrected chi connectivity index (χ4v) is 2.87. The first-order chi connectivity index (χ1) is 12.1. The summed E-state index contributed by atoms with van der Waals surface area (Å²) >= 11 is 0. The molecule has 1 saturated carbocycles. The normalized spacial score (nSPS) is 13.8. The molecule has 7 heteroatoms. The summed E-state index contributed by atoms with van der Waals surface area (Å²) < 4.78 is 12.4. The van der Waals surface area contributed by atoms with E-state index in [-0.39, 0.29) is 5.69 Å². The molecule has 0 radical (unpaired) electrons. The number of rotatable bonds is 5. The highest BCUT2D eigenvalue weighted by Gasteiger charge is 2.28. The topological polar surface area (TPSA) is 86.0 Å². The average molecular weight is 339 g/mol. The zero-order valence-corrected chi connectivity index (χ0v) is 13.9. The standard InChI is InChI=1S/C18H17N3O4/c1-24-12-5-11(6-13(7-12)25-2)14-9-17-19-15(18(22)23)8-16(10-3-4-10)21(17)20-14/h5-10H,3-4H2,1-2H3,(H,22,23). The zero-order chi connectivity index (χ0) is 17.6. The number of methoxy groups -OCH3 is 2. The van der Waals surface area contributed by atoms with Gasteiger partial charge in [0.1, 0.15) is 11.5 Å². The van der Waals surface area contributed by atoms with Crippen LogP contribution in [-0.4, -0.2) is 39.9 Å². The third kappa shape index (κ3) is 2.77. The molecule has 0 amide bonds. The van der Waals surface area contributed by atoms with E-state index in [0.29, 0.717) is 28.8 Å². The van der Waals surface area contributed by atoms with Gasteiger partial charge in [-0.2, -0.15) is 5.10 Å². The van der Waals surface area contributed by atoms with Gasteiger partial charge in [0.15, 0.2) is 11.3 Å². The number of carboxylic acids is 1. The van der Waals surface area contributed by atoms with Crippen LogP contribution in [0.4, 0.5) is 0 Å². The van der Waals surface area contributed by atoms with Crippen LogP contribution in [0.1, 0.15) is 34.9 Å². The van der Waals surface area contributed by atoms with Crippen LogP contribution in [0.3, 0.4) is 0 Å². The fraction of sp³-hybridized carbons (Fsp3) is 0.278. The Morgan fingerprint density at radius 3 is 2.36 bits per heavy atom. The number of fused-ring (bicyclic) bond motifs is 1. The van der Waals surface area contributed by atoms with Crippen molar-refractivity contribution in [2.24, 2.45) is 0 Å². The molecule has 2 aromatic heterocycles. The molecule has 1 aliphatic rings. The minimum atomic E-state index is -1.03. The van der Waals surface area contributed by atoms with E-state index in [1.54, 1.807) is 36.9 Å². The fourth-order valence-electron chi connectivity index (χ4n) is 2.87. The van der Waals surface area contributed by atoms with Gasteiger partial charge >= 0.3 is 5.97 Å². The lowest BCUT2D eigenvalue weighted by Crippen LogP contribution is -2.06. The van der Waals surface area contributed by atoms with Crippen molar-refractivity contribution in [1.29, 1.82) is 0 Å². The third-order valence-corrected chi connectivity index (χ3v) is 4.32. The Balaban J connectivity index is 1.89. The van der Waals surface area contributed by atoms with Crippen LogP contribution < -0.4 is 9.47 Å². The molecule has 1 aliphatic carbocycles. The predicted molar refractivity (Wildman–Crippen MR) is 90.5 cm³/mol. The molecule has 0 aliphatic heterocycles. The van der Waals surface area contributed by atoms with E-state index in [9.17, 15) is 9.90 Å². The Bertz CT molecular complexity index is 954. The van der Waals surface area contributed by atoms with Gasteiger partial charge in [0, 0.05) is 29.3 Å². The maximum absolute atomic E-state index is 11.4. The second-order valence-electron chi connectivity index (χ2n) is 6.05. The first-order valence-corrected chi connectivity index (χ1v) is 7.96. The largest absolute Gasteiger partial charge is 0.497 e. The van der Waals surface area contributed by atoms with Crippen molar-refractivity contribution in [3.8, 4) is 22.8 Å². The third-order valence-electron chi connectivity index (χ3n) is 4.32. The van der Waals surface area contributed by atoms with E-state index in [0.717, 1.165) is 24.1 Å². The molecule has 25 heavy (non-hydrogen) atoms. The molecule has 0 spiro atoms. The van der Waals surface area contributed by atoms with Gasteiger partial charge in [-0.25, -0.2) is 14.3 Å². The summed E-state index contributed by atoms with van der Waals surface area (Å²) in [5, 5.41) is 14.0. The van der Waals surface area contributed by atoms with Gasteiger partial charge in [-0.3, -0.25) is 0 Å². The minimum absolute atomic E-state index is 0.0454. The van der Waals surface area contributed by atoms with Gasteiger partial charge < -0.3 is 14.6 Å². The number of hydrogen-bond donors (Lipinski definition) is 1. The molecule has 4 rings (SSSR count). The van der Waals surface area contributed by atoms with E-state index in [4.69, 9.17) is 9.47 Å². The minimum Gasteiger partial charge on any atom is -0.497 e. The van der Waals surface area contributed by atoms with Crippen molar-refractivity contribution >= 4 is 11.6 Å². The van der Waals surface area contributed by atoms with Crippen molar-refractivity contribution in [3.63, 3.8) is 0 Å². The molecular formula is C18H17N3O4. The molecule has 2 heterocycles. The second kappa shape index (κ2) is 5.77. The maximum Gasteiger partial charge on any atom is 0.354 e. The Labute approximate surface area is 143 Å². The second-order valence-corrected chi connectivity index (χ2v) is 6.05. The molecule has 1 N–H and O–H groups in total. The molecule has 7 nitrogen and oxygen atoms in total. The number of benzene rings is 1. The molecule has 0 saturated heterocycles. The predicted octanol–water partition coefficient (Wildman–Crippen LogP) is 2.99. The molecular weight excluding hydrogens is 322 g/mol. The van der Waals surface area contributed by atoms with Crippen molar-refractivity contribution < 1.29 is 19.4 Å². The highest BCUT2D eigenvalue weighted by Crippen LogP contribution is 2.40. The van der Waals surface area contributed by atoms with Crippen LogP contribution in [0, 0.1) is 0 Å². The van der Waals surface area contributed by atoms with Gasteiger partial charge in [-0.15, -0.1) is 0 Å². The van der Waals surface area contributed by atoms with Gasteiger partial charge in [0.25, 0.3) is 0 Å². The monoisotopic (exact) mass is 339 g/mol. The number of carbonyl (C=O) groups is 1. The highest BCUT2D eigenvalue weighted by molar-refractivity contribution is 5.86. The quantitative estimate of drug-likeness (QED) is 0.769. The number of hydrogen-bond acceptors (Lipinski definition) is 5. The van der Waals surface area contributed by atoms with Crippen LogP contribution in [0.15, 0.2) is 30.3 Å². The Hall–Kier alpha value is -3.09. The van der Waals surface area contributed by atoms with E-state index >= 15 is 0 Å². The summed E-state index contributed by atoms with van der Waals surface area (Å²) in [6, 6.07) is 8.91. The average Bonchev–Trinajstić information content (AvgIpc) is 3.38. The van der Waals surface area contributed by atoms with Gasteiger partial charge in [-0.05, 0) is 31.0 Å². The first kappa shape index (κ1) is 15.4. The summed E-state index contributed by atoms with van der Waals surface area (Å²) in [7, 11) is 3.18. The van der Waals surface area contributed by atoms with Gasteiger partial charge in [0.2, 0.25) is 0 Å². The molecule has 1 aromatic carbocycles. The lowest BCUT2D eigenvalue weighted by atomic mass is 10.1. The van der Waals surface area contributed by atoms with Gasteiger partial charge in [0.05, 0.1) is 19.9 Å². The zero-order valence-electron chi connectivity index (χ0n) is 13.9. The van der Waals surface area contributed by atoms with Crippen LogP contribution in [-0.2, 0) is 0 Å². The van der Waals surface area contributed by atoms with Crippen molar-refractivity contribution in [1.82, 2.24) is 14.6 Å². The summed E-state index contributed by atoms with van der Waals surface area (Å²) in [6.45, 7) is 0. The van der Waals surface area contributed by atoms with E-state index in [1.807, 2.05) is 12.1 Å². The Morgan fingerprint density at radius 2 is 1.80 bits per heavy atom. The van der Waals surface area contributed by atoms with Crippen molar-refractivity contribution in [2.45, 2.75) is 18.8 Å². The van der Waals surface area contributed by atoms with Gasteiger partial charge in [-0.1, -0.05) is 0 Å². The number of nitrogens with zero attached hydrogens (tertiary/aromatic N) is 3. The molecule has 128 valence electrons. The van der Waals surface area contributed by atoms with E-state index in [2.05, 4.69) is 10.1 Å². The lowest BCUT2D eigenvalue weighted by molar-refractivity contribution is 0.0690. The maximum atomic E-state index is 11.4. The van der Waals surface area contributed by atoms with Crippen LogP contribution >= 0.6 is 0 Å². The smallest absolute Gasteiger partial charge is 0.354 e. The number of aromatic carboxylic acids is 1. The SMILES string of the molecule is COc1cc(OC)cc(-c2cc3nc(C(=O)O)cc(C4CC4)n3n2)c1. The van der Waals surface area contributed by atoms with Crippen molar-refractivity contribution in [2.75, 3.05) is 14.2 Å². The molecule has 0 unspecified atom stereocenters. The lowest BCUT2D eigenvalue weighted by Gasteiger charge is -2.06. The van der Waals surface area contributed by atoms with E-state index < -0.39 is 5.97 Å². The van der Waals surface area contributed by atoms with Crippen LogP contribution in [0.2, 0.25) is 0 Å². The Kier molecular flexibility index (Phi) is 3.56. The highest BCUT2D eigenvalue weighted by atomic mass is 16.5. The summed E-state index contributed by atoms with van der Waals surface area (Å²) in [6.07, 6.45) is 2.08. The van der Waals surface area contributed by atoms with Crippen molar-refractivity contribution in [3.05, 3.63) is 41.7 Å². The van der Waals surface area contributed by atoms with Crippen LogP contribution in [0.25, 0.3) is 16.9 Å². The summed E-state index contributed by atoms with van der Waals surface area (Å²) in [5.74, 6) is 0.632. The van der Waals surface area contributed by atoms with E-state index in [1.165, 1.54) is 0 Å². The summed E-state index contributed by atoms with van der Waals surface area (Å²) in [5.41, 5.74) is 2.97. The molecule has 0 bridgehead atoms. The molecule has 0 atom stereocenters. The first-order valence-electron chi connectivity index (χ1n) is 7.96. The number of aromatic nitrogens is 3.